The molecule has 1 atom stereocenters. The normalized spacial score (nSPS) is 21.1. The fourth-order valence-electron chi connectivity index (χ4n) is 4.55. The Kier molecular flexibility index (Phi) is 5.56. The lowest BCUT2D eigenvalue weighted by atomic mass is 9.76. The highest BCUT2D eigenvalue weighted by atomic mass is 16.7. The Bertz CT molecular complexity index is 998. The van der Waals surface area contributed by atoms with Crippen LogP contribution >= 0.6 is 0 Å². The minimum absolute atomic E-state index is 0.359. The van der Waals surface area contributed by atoms with Crippen LogP contribution in [0.3, 0.4) is 0 Å². The standard InChI is InChI=1S/C25H30BNO5/c1-6-15-25(16-28,27-21(29)19-9-7-8-10-20(19)22(27)30)17-11-13-18(14-12-17)26-31-23(2,3)24(4,5)32-26/h7-14,28H,6,15-16H2,1-5H3/t25-/m1/s1. The number of benzene rings is 2. The monoisotopic (exact) mass is 435 g/mol. The molecule has 0 radical (unpaired) electrons. The third-order valence-corrected chi connectivity index (χ3v) is 7.12. The maximum atomic E-state index is 13.2. The van der Waals surface area contributed by atoms with Gasteiger partial charge < -0.3 is 14.4 Å². The fourth-order valence-corrected chi connectivity index (χ4v) is 4.55. The Morgan fingerprint density at radius 1 is 0.906 bits per heavy atom. The van der Waals surface area contributed by atoms with E-state index in [1.807, 2.05) is 58.9 Å². The van der Waals surface area contributed by atoms with Crippen LogP contribution in [-0.2, 0) is 14.8 Å². The van der Waals surface area contributed by atoms with Crippen molar-refractivity contribution in [1.82, 2.24) is 4.90 Å². The van der Waals surface area contributed by atoms with Gasteiger partial charge in [-0.25, -0.2) is 0 Å². The van der Waals surface area contributed by atoms with E-state index in [4.69, 9.17) is 9.31 Å². The van der Waals surface area contributed by atoms with Crippen molar-refractivity contribution >= 4 is 24.4 Å². The lowest BCUT2D eigenvalue weighted by Crippen LogP contribution is -2.52. The summed E-state index contributed by atoms with van der Waals surface area (Å²) in [6.07, 6.45) is 1.14. The Hall–Kier alpha value is -2.48. The van der Waals surface area contributed by atoms with Crippen LogP contribution in [-0.4, -0.2) is 46.7 Å². The molecule has 1 N–H and O–H groups in total. The lowest BCUT2D eigenvalue weighted by Gasteiger charge is -2.39. The molecule has 2 amide bonds. The first kappa shape index (κ1) is 22.7. The van der Waals surface area contributed by atoms with Gasteiger partial charge in [-0.15, -0.1) is 0 Å². The largest absolute Gasteiger partial charge is 0.494 e. The van der Waals surface area contributed by atoms with Crippen LogP contribution in [0.2, 0.25) is 0 Å². The van der Waals surface area contributed by atoms with Gasteiger partial charge in [0.05, 0.1) is 34.5 Å². The second kappa shape index (κ2) is 7.83. The quantitative estimate of drug-likeness (QED) is 0.557. The molecule has 2 aliphatic rings. The van der Waals surface area contributed by atoms with E-state index in [-0.39, 0.29) is 18.4 Å². The van der Waals surface area contributed by atoms with Crippen molar-refractivity contribution in [1.29, 1.82) is 0 Å². The number of fused-ring (bicyclic) bond motifs is 1. The predicted molar refractivity (Wildman–Crippen MR) is 123 cm³/mol. The van der Waals surface area contributed by atoms with Gasteiger partial charge in [0.2, 0.25) is 0 Å². The Morgan fingerprint density at radius 3 is 1.84 bits per heavy atom. The highest BCUT2D eigenvalue weighted by Gasteiger charge is 2.52. The molecule has 0 aromatic heterocycles. The predicted octanol–water partition coefficient (Wildman–Crippen LogP) is 3.27. The van der Waals surface area contributed by atoms with Crippen LogP contribution in [0.4, 0.5) is 0 Å². The molecular weight excluding hydrogens is 405 g/mol. The van der Waals surface area contributed by atoms with E-state index in [0.717, 1.165) is 5.46 Å². The first-order valence-corrected chi connectivity index (χ1v) is 11.1. The fraction of sp³-hybridized carbons (Fsp3) is 0.440. The van der Waals surface area contributed by atoms with Crippen LogP contribution in [0.15, 0.2) is 48.5 Å². The number of aliphatic hydroxyl groups excluding tert-OH is 1. The molecular formula is C25H30BNO5. The van der Waals surface area contributed by atoms with Gasteiger partial charge >= 0.3 is 7.12 Å². The molecule has 4 rings (SSSR count). The number of nitrogens with zero attached hydrogens (tertiary/aromatic N) is 1. The zero-order valence-electron chi connectivity index (χ0n) is 19.3. The number of hydrogen-bond acceptors (Lipinski definition) is 5. The van der Waals surface area contributed by atoms with Gasteiger partial charge in [0.15, 0.2) is 0 Å². The molecule has 2 aromatic rings. The molecule has 0 spiro atoms. The molecule has 7 heteroatoms. The summed E-state index contributed by atoms with van der Waals surface area (Å²) in [6.45, 7) is 9.62. The van der Waals surface area contributed by atoms with Gasteiger partial charge in [-0.2, -0.15) is 0 Å². The van der Waals surface area contributed by atoms with Gasteiger partial charge in [0.25, 0.3) is 11.8 Å². The molecule has 32 heavy (non-hydrogen) atoms. The summed E-state index contributed by atoms with van der Waals surface area (Å²) in [5.74, 6) is -0.744. The van der Waals surface area contributed by atoms with Crippen LogP contribution in [0, 0.1) is 0 Å². The van der Waals surface area contributed by atoms with E-state index in [0.29, 0.717) is 29.5 Å². The minimum Gasteiger partial charge on any atom is -0.399 e. The average molecular weight is 435 g/mol. The molecule has 0 unspecified atom stereocenters. The third kappa shape index (κ3) is 3.31. The van der Waals surface area contributed by atoms with Crippen molar-refractivity contribution in [3.05, 3.63) is 65.2 Å². The molecule has 0 aliphatic carbocycles. The molecule has 2 aliphatic heterocycles. The SMILES string of the molecule is CCC[C@@](CO)(c1ccc(B2OC(C)(C)C(C)(C)O2)cc1)N1C(=O)c2ccccc2C1=O. The number of hydrogen-bond donors (Lipinski definition) is 1. The van der Waals surface area contributed by atoms with Crippen LogP contribution in [0.1, 0.15) is 73.7 Å². The number of aliphatic hydroxyl groups is 1. The van der Waals surface area contributed by atoms with Crippen molar-refractivity contribution in [3.8, 4) is 0 Å². The van der Waals surface area contributed by atoms with E-state index in [9.17, 15) is 14.7 Å². The molecule has 168 valence electrons. The van der Waals surface area contributed by atoms with Crippen molar-refractivity contribution in [3.63, 3.8) is 0 Å². The number of imide groups is 1. The Morgan fingerprint density at radius 2 is 1.41 bits per heavy atom. The van der Waals surface area contributed by atoms with Crippen LogP contribution in [0.5, 0.6) is 0 Å². The summed E-state index contributed by atoms with van der Waals surface area (Å²) in [5, 5.41) is 10.6. The first-order valence-electron chi connectivity index (χ1n) is 11.1. The van der Waals surface area contributed by atoms with Crippen LogP contribution in [0.25, 0.3) is 0 Å². The number of amides is 2. The lowest BCUT2D eigenvalue weighted by molar-refractivity contribution is 0.00578. The molecule has 6 nitrogen and oxygen atoms in total. The minimum atomic E-state index is -1.14. The Balaban J connectivity index is 1.71. The zero-order chi connectivity index (χ0) is 23.3. The van der Waals surface area contributed by atoms with E-state index >= 15 is 0 Å². The second-order valence-corrected chi connectivity index (χ2v) is 9.64. The van der Waals surface area contributed by atoms with Crippen molar-refractivity contribution < 1.29 is 24.0 Å². The molecule has 0 bridgehead atoms. The maximum Gasteiger partial charge on any atom is 0.494 e. The number of rotatable bonds is 6. The number of carbonyl (C=O) groups is 2. The third-order valence-electron chi connectivity index (χ3n) is 7.12. The highest BCUT2D eigenvalue weighted by Crippen LogP contribution is 2.40. The molecule has 0 saturated carbocycles. The molecule has 2 heterocycles. The summed E-state index contributed by atoms with van der Waals surface area (Å²) in [4.78, 5) is 27.7. The summed E-state index contributed by atoms with van der Waals surface area (Å²) in [7, 11) is -0.511. The summed E-state index contributed by atoms with van der Waals surface area (Å²) in [6, 6.07) is 14.3. The smallest absolute Gasteiger partial charge is 0.399 e. The van der Waals surface area contributed by atoms with Crippen molar-refractivity contribution in [2.45, 2.75) is 64.2 Å². The summed E-state index contributed by atoms with van der Waals surface area (Å²) >= 11 is 0. The zero-order valence-corrected chi connectivity index (χ0v) is 19.3. The Labute approximate surface area is 189 Å². The topological polar surface area (TPSA) is 76.1 Å². The van der Waals surface area contributed by atoms with Crippen LogP contribution < -0.4 is 5.46 Å². The maximum absolute atomic E-state index is 13.2. The van der Waals surface area contributed by atoms with E-state index in [1.54, 1.807) is 24.3 Å². The highest BCUT2D eigenvalue weighted by molar-refractivity contribution is 6.62. The summed E-state index contributed by atoms with van der Waals surface area (Å²) in [5.41, 5.74) is 0.257. The average Bonchev–Trinajstić information content (AvgIpc) is 3.15. The van der Waals surface area contributed by atoms with Gasteiger partial charge in [0, 0.05) is 0 Å². The van der Waals surface area contributed by atoms with E-state index < -0.39 is 23.9 Å². The van der Waals surface area contributed by atoms with Gasteiger partial charge in [-0.3, -0.25) is 14.5 Å². The number of carbonyl (C=O) groups excluding carboxylic acids is 2. The van der Waals surface area contributed by atoms with Crippen molar-refractivity contribution in [2.24, 2.45) is 0 Å². The molecule has 1 fully saturated rings. The van der Waals surface area contributed by atoms with Gasteiger partial charge in [0.1, 0.15) is 0 Å². The van der Waals surface area contributed by atoms with Crippen molar-refractivity contribution in [2.75, 3.05) is 6.61 Å². The summed E-state index contributed by atoms with van der Waals surface area (Å²) < 4.78 is 12.3. The van der Waals surface area contributed by atoms with Gasteiger partial charge in [-0.05, 0) is 57.3 Å². The van der Waals surface area contributed by atoms with Gasteiger partial charge in [-0.1, -0.05) is 49.7 Å². The first-order chi connectivity index (χ1) is 15.1. The molecule has 1 saturated heterocycles. The van der Waals surface area contributed by atoms with E-state index in [2.05, 4.69) is 0 Å². The molecule has 2 aromatic carbocycles. The second-order valence-electron chi connectivity index (χ2n) is 9.64. The van der Waals surface area contributed by atoms with E-state index in [1.165, 1.54) is 4.90 Å².